The molecule has 0 amide bonds. The Hall–Kier alpha value is -3.01. The Morgan fingerprint density at radius 3 is 2.46 bits per heavy atom. The zero-order valence-corrected chi connectivity index (χ0v) is 16.0. The Kier molecular flexibility index (Phi) is 4.19. The van der Waals surface area contributed by atoms with Gasteiger partial charge in [-0.1, -0.05) is 61.2 Å². The third kappa shape index (κ3) is 2.89. The molecule has 0 radical (unpaired) electrons. The molecule has 1 N–H and O–H groups in total. The Morgan fingerprint density at radius 1 is 0.929 bits per heavy atom. The summed E-state index contributed by atoms with van der Waals surface area (Å²) in [6.07, 6.45) is 5.99. The maximum absolute atomic E-state index is 12.9. The summed E-state index contributed by atoms with van der Waals surface area (Å²) in [5.74, 6) is 0.675. The number of fused-ring (bicyclic) bond motifs is 3. The molecule has 1 aliphatic carbocycles. The normalized spacial score (nSPS) is 15.3. The number of rotatable bonds is 3. The molecule has 2 aromatic carbocycles. The van der Waals surface area contributed by atoms with Gasteiger partial charge in [-0.25, -0.2) is 4.79 Å². The molecule has 0 spiro atoms. The largest absolute Gasteiger partial charge is 0.439 e. The molecule has 1 aliphatic rings. The van der Waals surface area contributed by atoms with Crippen LogP contribution in [0, 0.1) is 6.92 Å². The van der Waals surface area contributed by atoms with Crippen molar-refractivity contribution in [2.24, 2.45) is 0 Å². The SMILES string of the molecule is Cc1ccc(-c2c(NC3CCCCC3)oc3c2c(=O)oc2ccccc23)cc1. The summed E-state index contributed by atoms with van der Waals surface area (Å²) in [5, 5.41) is 4.93. The highest BCUT2D eigenvalue weighted by atomic mass is 16.4. The van der Waals surface area contributed by atoms with E-state index in [0.717, 1.165) is 29.4 Å². The van der Waals surface area contributed by atoms with Crippen molar-refractivity contribution < 1.29 is 8.83 Å². The lowest BCUT2D eigenvalue weighted by Crippen LogP contribution is -2.22. The van der Waals surface area contributed by atoms with E-state index in [0.29, 0.717) is 28.5 Å². The van der Waals surface area contributed by atoms with Crippen LogP contribution < -0.4 is 10.9 Å². The Morgan fingerprint density at radius 2 is 1.68 bits per heavy atom. The molecule has 1 fully saturated rings. The predicted octanol–water partition coefficient (Wildman–Crippen LogP) is 6.26. The number of hydrogen-bond acceptors (Lipinski definition) is 4. The van der Waals surface area contributed by atoms with Gasteiger partial charge < -0.3 is 14.2 Å². The van der Waals surface area contributed by atoms with Gasteiger partial charge in [-0.2, -0.15) is 0 Å². The topological polar surface area (TPSA) is 55.4 Å². The van der Waals surface area contributed by atoms with Crippen LogP contribution in [0.2, 0.25) is 0 Å². The van der Waals surface area contributed by atoms with Crippen molar-refractivity contribution in [3.63, 3.8) is 0 Å². The maximum Gasteiger partial charge on any atom is 0.348 e. The fraction of sp³-hybridized carbons (Fsp3) is 0.292. The van der Waals surface area contributed by atoms with E-state index < -0.39 is 0 Å². The van der Waals surface area contributed by atoms with E-state index in [1.165, 1.54) is 24.8 Å². The van der Waals surface area contributed by atoms with Crippen LogP contribution in [0.4, 0.5) is 5.88 Å². The molecule has 2 heterocycles. The van der Waals surface area contributed by atoms with Crippen LogP contribution in [0.1, 0.15) is 37.7 Å². The molecule has 4 heteroatoms. The van der Waals surface area contributed by atoms with Gasteiger partial charge in [0.15, 0.2) is 5.58 Å². The number of nitrogens with one attached hydrogen (secondary N) is 1. The molecule has 2 aromatic heterocycles. The molecule has 142 valence electrons. The number of para-hydroxylation sites is 1. The molecule has 0 bridgehead atoms. The molecular formula is C24H23NO3. The second kappa shape index (κ2) is 6.86. The zero-order valence-electron chi connectivity index (χ0n) is 16.0. The second-order valence-corrected chi connectivity index (χ2v) is 7.74. The molecule has 1 saturated carbocycles. The van der Waals surface area contributed by atoms with Crippen molar-refractivity contribution in [1.82, 2.24) is 0 Å². The van der Waals surface area contributed by atoms with Crippen LogP contribution in [-0.4, -0.2) is 6.04 Å². The van der Waals surface area contributed by atoms with Crippen molar-refractivity contribution in [2.75, 3.05) is 5.32 Å². The van der Waals surface area contributed by atoms with Gasteiger partial charge in [0.2, 0.25) is 5.88 Å². The average molecular weight is 373 g/mol. The molecule has 0 atom stereocenters. The first-order valence-corrected chi connectivity index (χ1v) is 10.0. The first-order chi connectivity index (χ1) is 13.7. The highest BCUT2D eigenvalue weighted by Crippen LogP contribution is 2.40. The fourth-order valence-electron chi connectivity index (χ4n) is 4.24. The second-order valence-electron chi connectivity index (χ2n) is 7.74. The van der Waals surface area contributed by atoms with Crippen LogP contribution in [0.3, 0.4) is 0 Å². The molecule has 0 unspecified atom stereocenters. The molecule has 0 saturated heterocycles. The van der Waals surface area contributed by atoms with Crippen molar-refractivity contribution >= 4 is 27.8 Å². The van der Waals surface area contributed by atoms with Gasteiger partial charge in [0.1, 0.15) is 11.0 Å². The van der Waals surface area contributed by atoms with Crippen LogP contribution in [0.15, 0.2) is 62.2 Å². The molecule has 4 aromatic rings. The van der Waals surface area contributed by atoms with Gasteiger partial charge in [0.25, 0.3) is 0 Å². The first-order valence-electron chi connectivity index (χ1n) is 10.0. The Labute approximate surface area is 163 Å². The Balaban J connectivity index is 1.77. The van der Waals surface area contributed by atoms with Crippen molar-refractivity contribution in [2.45, 2.75) is 45.1 Å². The first kappa shape index (κ1) is 17.1. The number of anilines is 1. The number of hydrogen-bond donors (Lipinski definition) is 1. The van der Waals surface area contributed by atoms with Gasteiger partial charge in [-0.15, -0.1) is 0 Å². The summed E-state index contributed by atoms with van der Waals surface area (Å²) in [4.78, 5) is 12.9. The van der Waals surface area contributed by atoms with Crippen LogP contribution in [0.5, 0.6) is 0 Å². The van der Waals surface area contributed by atoms with E-state index in [1.54, 1.807) is 6.07 Å². The maximum atomic E-state index is 12.9. The quantitative estimate of drug-likeness (QED) is 0.431. The summed E-state index contributed by atoms with van der Waals surface area (Å²) in [5.41, 5.74) is 3.74. The van der Waals surface area contributed by atoms with Gasteiger partial charge in [0.05, 0.1) is 10.9 Å². The van der Waals surface area contributed by atoms with Crippen molar-refractivity contribution in [1.29, 1.82) is 0 Å². The van der Waals surface area contributed by atoms with Gasteiger partial charge in [-0.05, 0) is 37.5 Å². The molecular weight excluding hydrogens is 350 g/mol. The van der Waals surface area contributed by atoms with E-state index in [9.17, 15) is 4.79 Å². The van der Waals surface area contributed by atoms with Crippen LogP contribution in [0.25, 0.3) is 33.1 Å². The van der Waals surface area contributed by atoms with Crippen LogP contribution in [-0.2, 0) is 0 Å². The number of furan rings is 1. The number of aryl methyl sites for hydroxylation is 1. The van der Waals surface area contributed by atoms with E-state index in [1.807, 2.05) is 30.3 Å². The molecule has 5 rings (SSSR count). The Bertz CT molecular complexity index is 1190. The summed E-state index contributed by atoms with van der Waals surface area (Å²) >= 11 is 0. The standard InChI is InChI=1S/C24H23NO3/c1-15-11-13-16(14-12-15)20-21-22(18-9-5-6-10-19(18)27-24(21)26)28-23(20)25-17-7-3-2-4-8-17/h5-6,9-14,17,25H,2-4,7-8H2,1H3. The highest BCUT2D eigenvalue weighted by Gasteiger charge is 2.24. The molecule has 28 heavy (non-hydrogen) atoms. The summed E-state index contributed by atoms with van der Waals surface area (Å²) in [6.45, 7) is 2.06. The minimum Gasteiger partial charge on any atom is -0.439 e. The fourth-order valence-corrected chi connectivity index (χ4v) is 4.24. The van der Waals surface area contributed by atoms with Gasteiger partial charge in [0, 0.05) is 6.04 Å². The smallest absolute Gasteiger partial charge is 0.348 e. The molecule has 4 nitrogen and oxygen atoms in total. The van der Waals surface area contributed by atoms with Crippen molar-refractivity contribution in [3.8, 4) is 11.1 Å². The lowest BCUT2D eigenvalue weighted by Gasteiger charge is -2.23. The lowest BCUT2D eigenvalue weighted by molar-refractivity contribution is 0.453. The van der Waals surface area contributed by atoms with Crippen LogP contribution >= 0.6 is 0 Å². The van der Waals surface area contributed by atoms with E-state index >= 15 is 0 Å². The van der Waals surface area contributed by atoms with E-state index in [4.69, 9.17) is 8.83 Å². The summed E-state index contributed by atoms with van der Waals surface area (Å²) < 4.78 is 11.9. The van der Waals surface area contributed by atoms with Gasteiger partial charge in [-0.3, -0.25) is 0 Å². The lowest BCUT2D eigenvalue weighted by atomic mass is 9.95. The third-order valence-corrected chi connectivity index (χ3v) is 5.73. The summed E-state index contributed by atoms with van der Waals surface area (Å²) in [6, 6.07) is 16.1. The van der Waals surface area contributed by atoms with Crippen molar-refractivity contribution in [3.05, 3.63) is 64.5 Å². The van der Waals surface area contributed by atoms with E-state index in [2.05, 4.69) is 24.4 Å². The van der Waals surface area contributed by atoms with Gasteiger partial charge >= 0.3 is 5.63 Å². The highest BCUT2D eigenvalue weighted by molar-refractivity contribution is 6.09. The third-order valence-electron chi connectivity index (χ3n) is 5.73. The zero-order chi connectivity index (χ0) is 19.1. The average Bonchev–Trinajstić information content (AvgIpc) is 3.09. The minimum atomic E-state index is -0.357. The number of benzene rings is 2. The summed E-state index contributed by atoms with van der Waals surface area (Å²) in [7, 11) is 0. The van der Waals surface area contributed by atoms with E-state index in [-0.39, 0.29) is 5.63 Å². The monoisotopic (exact) mass is 373 g/mol. The molecule has 0 aliphatic heterocycles. The minimum absolute atomic E-state index is 0.357. The predicted molar refractivity (Wildman–Crippen MR) is 113 cm³/mol.